The lowest BCUT2D eigenvalue weighted by Crippen LogP contribution is -2.38. The van der Waals surface area contributed by atoms with E-state index in [4.69, 9.17) is 9.90 Å². The van der Waals surface area contributed by atoms with Gasteiger partial charge in [-0.05, 0) is 36.4 Å². The number of thiophene rings is 1. The standard InChI is InChI=1S/C21H23N3OS.CH2O2/c25-21(20-9-5-11-26-20)18-8-4-10-23(14-18)15-19-12-22-16-24(19)13-17-6-2-1-3-7-17;2-1-3/h1-3,5-7,9,11-12,16,18H,4,8,10,13-15H2;1H,(H,2,3). The molecule has 6 nitrogen and oxygen atoms in total. The number of rotatable bonds is 6. The van der Waals surface area contributed by atoms with Gasteiger partial charge >= 0.3 is 0 Å². The summed E-state index contributed by atoms with van der Waals surface area (Å²) in [4.78, 5) is 28.7. The van der Waals surface area contributed by atoms with Crippen LogP contribution in [0.5, 0.6) is 0 Å². The van der Waals surface area contributed by atoms with E-state index >= 15 is 0 Å². The molecular formula is C22H25N3O3S. The molecule has 1 fully saturated rings. The Balaban J connectivity index is 0.000000755. The average Bonchev–Trinajstić information content (AvgIpc) is 3.42. The highest BCUT2D eigenvalue weighted by Gasteiger charge is 2.27. The molecule has 3 aromatic rings. The predicted molar refractivity (Wildman–Crippen MR) is 113 cm³/mol. The molecule has 7 heteroatoms. The van der Waals surface area contributed by atoms with E-state index in [9.17, 15) is 4.79 Å². The fourth-order valence-electron chi connectivity index (χ4n) is 3.66. The summed E-state index contributed by atoms with van der Waals surface area (Å²) in [6.07, 6.45) is 5.93. The Hall–Kier alpha value is -2.77. The molecule has 1 unspecified atom stereocenters. The molecule has 1 saturated heterocycles. The summed E-state index contributed by atoms with van der Waals surface area (Å²) in [6.45, 7) is 3.32. The number of imidazole rings is 1. The van der Waals surface area contributed by atoms with E-state index in [1.165, 1.54) is 11.3 Å². The lowest BCUT2D eigenvalue weighted by Gasteiger charge is -2.31. The number of piperidine rings is 1. The molecule has 152 valence electrons. The lowest BCUT2D eigenvalue weighted by molar-refractivity contribution is -0.122. The van der Waals surface area contributed by atoms with Gasteiger partial charge in [-0.15, -0.1) is 11.3 Å². The Morgan fingerprint density at radius 2 is 2.00 bits per heavy atom. The first-order chi connectivity index (χ1) is 14.2. The first-order valence-corrected chi connectivity index (χ1v) is 10.5. The molecule has 1 aliphatic rings. The van der Waals surface area contributed by atoms with Gasteiger partial charge in [0.15, 0.2) is 5.78 Å². The number of aromatic nitrogens is 2. The van der Waals surface area contributed by atoms with Crippen molar-refractivity contribution in [3.63, 3.8) is 0 Å². The van der Waals surface area contributed by atoms with Crippen LogP contribution in [-0.2, 0) is 17.9 Å². The van der Waals surface area contributed by atoms with Crippen molar-refractivity contribution in [3.05, 3.63) is 76.5 Å². The molecule has 1 N–H and O–H groups in total. The zero-order valence-electron chi connectivity index (χ0n) is 16.2. The maximum absolute atomic E-state index is 12.7. The second kappa shape index (κ2) is 10.7. The van der Waals surface area contributed by atoms with Crippen molar-refractivity contribution in [1.29, 1.82) is 0 Å². The minimum Gasteiger partial charge on any atom is -0.483 e. The van der Waals surface area contributed by atoms with Crippen LogP contribution in [0.1, 0.15) is 33.8 Å². The molecule has 0 aliphatic carbocycles. The third-order valence-corrected chi connectivity index (χ3v) is 5.90. The van der Waals surface area contributed by atoms with E-state index < -0.39 is 0 Å². The Labute approximate surface area is 174 Å². The van der Waals surface area contributed by atoms with Gasteiger partial charge in [0.25, 0.3) is 6.47 Å². The van der Waals surface area contributed by atoms with Crippen LogP contribution in [0.2, 0.25) is 0 Å². The van der Waals surface area contributed by atoms with Crippen molar-refractivity contribution in [2.24, 2.45) is 5.92 Å². The number of likely N-dealkylation sites (tertiary alicyclic amines) is 1. The molecule has 29 heavy (non-hydrogen) atoms. The number of hydrogen-bond acceptors (Lipinski definition) is 5. The molecule has 1 aromatic carbocycles. The van der Waals surface area contributed by atoms with Crippen LogP contribution in [-0.4, -0.2) is 44.9 Å². The van der Waals surface area contributed by atoms with Crippen LogP contribution in [0.25, 0.3) is 0 Å². The number of carbonyl (C=O) groups excluding carboxylic acids is 1. The van der Waals surface area contributed by atoms with E-state index in [0.717, 1.165) is 43.9 Å². The number of carboxylic acid groups (broad SMARTS) is 1. The second-order valence-electron chi connectivity index (χ2n) is 7.02. The monoisotopic (exact) mass is 411 g/mol. The normalized spacial score (nSPS) is 16.6. The Bertz CT molecular complexity index is 893. The van der Waals surface area contributed by atoms with Gasteiger partial charge in [0.05, 0.1) is 16.9 Å². The summed E-state index contributed by atoms with van der Waals surface area (Å²) in [5, 5.41) is 8.87. The number of carbonyl (C=O) groups is 2. The number of hydrogen-bond donors (Lipinski definition) is 1. The molecule has 0 spiro atoms. The molecular weight excluding hydrogens is 386 g/mol. The maximum Gasteiger partial charge on any atom is 0.290 e. The highest BCUT2D eigenvalue weighted by Crippen LogP contribution is 2.24. The van der Waals surface area contributed by atoms with Crippen molar-refractivity contribution >= 4 is 23.6 Å². The van der Waals surface area contributed by atoms with Gasteiger partial charge in [-0.3, -0.25) is 14.5 Å². The van der Waals surface area contributed by atoms with E-state index in [0.29, 0.717) is 5.78 Å². The van der Waals surface area contributed by atoms with Crippen molar-refractivity contribution in [3.8, 4) is 0 Å². The summed E-state index contributed by atoms with van der Waals surface area (Å²) >= 11 is 1.55. The van der Waals surface area contributed by atoms with Gasteiger partial charge in [0.2, 0.25) is 0 Å². The topological polar surface area (TPSA) is 75.4 Å². The highest BCUT2D eigenvalue weighted by molar-refractivity contribution is 7.12. The molecule has 3 heterocycles. The summed E-state index contributed by atoms with van der Waals surface area (Å²) in [5.74, 6) is 0.426. The number of Topliss-reactive ketones (excluding diaryl/α,β-unsaturated/α-hetero) is 1. The molecule has 2 aromatic heterocycles. The predicted octanol–water partition coefficient (Wildman–Crippen LogP) is 3.79. The quantitative estimate of drug-likeness (QED) is 0.493. The molecule has 1 atom stereocenters. The third-order valence-electron chi connectivity index (χ3n) is 5.02. The first kappa shape index (κ1) is 21.0. The minimum atomic E-state index is -0.250. The SMILES string of the molecule is O=C(c1cccs1)C1CCCN(Cc2cncn2Cc2ccccc2)C1.O=CO. The van der Waals surface area contributed by atoms with Crippen LogP contribution >= 0.6 is 11.3 Å². The van der Waals surface area contributed by atoms with Gasteiger partial charge in [-0.1, -0.05) is 36.4 Å². The number of ketones is 1. The van der Waals surface area contributed by atoms with E-state index in [1.54, 1.807) is 11.3 Å². The summed E-state index contributed by atoms with van der Waals surface area (Å²) in [5.41, 5.74) is 2.48. The smallest absolute Gasteiger partial charge is 0.290 e. The number of benzene rings is 1. The Morgan fingerprint density at radius 1 is 1.21 bits per heavy atom. The number of nitrogens with zero attached hydrogens (tertiary/aromatic N) is 3. The summed E-state index contributed by atoms with van der Waals surface area (Å²) < 4.78 is 2.21. The van der Waals surface area contributed by atoms with Gasteiger partial charge in [-0.25, -0.2) is 4.98 Å². The van der Waals surface area contributed by atoms with Gasteiger partial charge in [0.1, 0.15) is 0 Å². The maximum atomic E-state index is 12.7. The molecule has 1 aliphatic heterocycles. The van der Waals surface area contributed by atoms with E-state index in [1.807, 2.05) is 36.1 Å². The van der Waals surface area contributed by atoms with Crippen LogP contribution < -0.4 is 0 Å². The molecule has 4 rings (SSSR count). The first-order valence-electron chi connectivity index (χ1n) is 9.62. The van der Waals surface area contributed by atoms with Crippen molar-refractivity contribution in [2.45, 2.75) is 25.9 Å². The van der Waals surface area contributed by atoms with Crippen molar-refractivity contribution < 1.29 is 14.7 Å². The molecule has 0 radical (unpaired) electrons. The Kier molecular flexibility index (Phi) is 7.72. The minimum absolute atomic E-state index is 0.118. The van der Waals surface area contributed by atoms with E-state index in [2.05, 4.69) is 38.7 Å². The fraction of sp³-hybridized carbons (Fsp3) is 0.318. The molecule has 0 bridgehead atoms. The van der Waals surface area contributed by atoms with E-state index in [-0.39, 0.29) is 12.4 Å². The van der Waals surface area contributed by atoms with Crippen LogP contribution in [0, 0.1) is 5.92 Å². The van der Waals surface area contributed by atoms with Crippen LogP contribution in [0.3, 0.4) is 0 Å². The van der Waals surface area contributed by atoms with Gasteiger partial charge < -0.3 is 9.67 Å². The average molecular weight is 412 g/mol. The van der Waals surface area contributed by atoms with Gasteiger partial charge in [-0.2, -0.15) is 0 Å². The third kappa shape index (κ3) is 5.85. The fourth-order valence-corrected chi connectivity index (χ4v) is 4.41. The zero-order valence-corrected chi connectivity index (χ0v) is 17.0. The van der Waals surface area contributed by atoms with Crippen molar-refractivity contribution in [2.75, 3.05) is 13.1 Å². The van der Waals surface area contributed by atoms with Crippen molar-refractivity contribution in [1.82, 2.24) is 14.5 Å². The lowest BCUT2D eigenvalue weighted by atomic mass is 9.93. The summed E-state index contributed by atoms with van der Waals surface area (Å²) in [6, 6.07) is 14.4. The second-order valence-corrected chi connectivity index (χ2v) is 7.97. The van der Waals surface area contributed by atoms with Crippen LogP contribution in [0.15, 0.2) is 60.4 Å². The van der Waals surface area contributed by atoms with Crippen LogP contribution in [0.4, 0.5) is 0 Å². The molecule has 0 amide bonds. The Morgan fingerprint density at radius 3 is 2.72 bits per heavy atom. The zero-order chi connectivity index (χ0) is 20.5. The van der Waals surface area contributed by atoms with Gasteiger partial charge in [0, 0.05) is 31.7 Å². The largest absolute Gasteiger partial charge is 0.483 e. The summed E-state index contributed by atoms with van der Waals surface area (Å²) in [7, 11) is 0. The highest BCUT2D eigenvalue weighted by atomic mass is 32.1. The molecule has 0 saturated carbocycles.